The van der Waals surface area contributed by atoms with Gasteiger partial charge in [0.15, 0.2) is 0 Å². The number of allylic oxidation sites excluding steroid dienone is 1. The number of hydrogen-bond acceptors (Lipinski definition) is 7. The van der Waals surface area contributed by atoms with Crippen LogP contribution in [0.25, 0.3) is 0 Å². The van der Waals surface area contributed by atoms with Crippen LogP contribution in [0.3, 0.4) is 0 Å². The van der Waals surface area contributed by atoms with Gasteiger partial charge >= 0.3 is 5.97 Å². The first-order valence-corrected chi connectivity index (χ1v) is 16.1. The number of carbonyl (C=O) groups is 4. The summed E-state index contributed by atoms with van der Waals surface area (Å²) in [5.74, 6) is -2.99. The van der Waals surface area contributed by atoms with Crippen molar-refractivity contribution in [3.8, 4) is 0 Å². The van der Waals surface area contributed by atoms with Crippen LogP contribution in [0.1, 0.15) is 77.4 Å². The number of amides is 3. The quantitative estimate of drug-likeness (QED) is 0.163. The van der Waals surface area contributed by atoms with E-state index in [0.29, 0.717) is 51.6 Å². The molecule has 3 aliphatic rings. The van der Waals surface area contributed by atoms with Crippen molar-refractivity contribution in [2.24, 2.45) is 11.8 Å². The van der Waals surface area contributed by atoms with Crippen molar-refractivity contribution >= 4 is 23.7 Å². The molecular formula is C35H49N3O7. The van der Waals surface area contributed by atoms with Crippen molar-refractivity contribution in [1.29, 1.82) is 0 Å². The zero-order chi connectivity index (χ0) is 32.8. The maximum Gasteiger partial charge on any atom is 0.313 e. The van der Waals surface area contributed by atoms with E-state index >= 15 is 0 Å². The molecule has 1 aromatic carbocycles. The number of likely N-dealkylation sites (tertiary alicyclic amines) is 1. The Bertz CT molecular complexity index is 1250. The number of rotatable bonds is 16. The van der Waals surface area contributed by atoms with Gasteiger partial charge in [0.25, 0.3) is 0 Å². The molecule has 45 heavy (non-hydrogen) atoms. The zero-order valence-electron chi connectivity index (χ0n) is 26.9. The summed E-state index contributed by atoms with van der Waals surface area (Å²) < 4.78 is 12.7. The van der Waals surface area contributed by atoms with E-state index in [0.717, 1.165) is 5.56 Å². The van der Waals surface area contributed by atoms with Crippen LogP contribution in [0.4, 0.5) is 0 Å². The van der Waals surface area contributed by atoms with Crippen LogP contribution in [0.15, 0.2) is 55.6 Å². The molecule has 1 spiro atoms. The number of nitrogens with one attached hydrogen (secondary N) is 1. The minimum atomic E-state index is -1.15. The van der Waals surface area contributed by atoms with Gasteiger partial charge in [-0.05, 0) is 64.9 Å². The molecule has 0 unspecified atom stereocenters. The molecule has 0 aliphatic carbocycles. The minimum absolute atomic E-state index is 0.0516. The van der Waals surface area contributed by atoms with E-state index in [2.05, 4.69) is 18.5 Å². The van der Waals surface area contributed by atoms with Crippen molar-refractivity contribution in [1.82, 2.24) is 15.1 Å². The molecule has 246 valence electrons. The van der Waals surface area contributed by atoms with Crippen molar-refractivity contribution < 1.29 is 33.8 Å². The second kappa shape index (κ2) is 14.7. The highest BCUT2D eigenvalue weighted by Gasteiger charge is 2.75. The lowest BCUT2D eigenvalue weighted by molar-refractivity contribution is -0.160. The smallest absolute Gasteiger partial charge is 0.313 e. The molecule has 6 atom stereocenters. The third-order valence-corrected chi connectivity index (χ3v) is 9.24. The number of hydrogen-bond donors (Lipinski definition) is 2. The lowest BCUT2D eigenvalue weighted by atomic mass is 9.70. The summed E-state index contributed by atoms with van der Waals surface area (Å²) in [6, 6.07) is 8.30. The number of esters is 1. The molecule has 3 heterocycles. The van der Waals surface area contributed by atoms with Gasteiger partial charge in [-0.3, -0.25) is 19.2 Å². The molecule has 10 nitrogen and oxygen atoms in total. The average molecular weight is 624 g/mol. The SMILES string of the molecule is C=CCCC(=O)NC[C@H](OC(=O)[C@@H]1[C@H]2C(=O)N(CCCCCO)[C@H](C(=O)N(CC=C)C(C)(C)C)[C@]23CC[C@H]1O3)c1ccccc1. The maximum absolute atomic E-state index is 14.4. The maximum atomic E-state index is 14.4. The van der Waals surface area contributed by atoms with E-state index in [1.54, 1.807) is 22.0 Å². The highest BCUT2D eigenvalue weighted by Crippen LogP contribution is 2.59. The largest absolute Gasteiger partial charge is 0.455 e. The number of aliphatic hydroxyl groups is 1. The molecule has 3 fully saturated rings. The first kappa shape index (κ1) is 34.4. The van der Waals surface area contributed by atoms with Crippen LogP contribution in [0, 0.1) is 11.8 Å². The third-order valence-electron chi connectivity index (χ3n) is 9.24. The van der Waals surface area contributed by atoms with Gasteiger partial charge in [-0.15, -0.1) is 13.2 Å². The number of unbranched alkanes of at least 4 members (excludes halogenated alkanes) is 2. The summed E-state index contributed by atoms with van der Waals surface area (Å²) in [6.45, 7) is 14.1. The fraction of sp³-hybridized carbons (Fsp3) is 0.600. The van der Waals surface area contributed by atoms with Gasteiger partial charge < -0.3 is 29.7 Å². The Hall–Kier alpha value is -3.50. The van der Waals surface area contributed by atoms with Crippen LogP contribution in [-0.4, -0.2) is 88.1 Å². The summed E-state index contributed by atoms with van der Waals surface area (Å²) in [5.41, 5.74) is -0.972. The van der Waals surface area contributed by atoms with Crippen LogP contribution in [0.5, 0.6) is 0 Å². The van der Waals surface area contributed by atoms with E-state index in [-0.39, 0.29) is 37.3 Å². The van der Waals surface area contributed by atoms with Gasteiger partial charge in [0.05, 0.1) is 24.5 Å². The first-order chi connectivity index (χ1) is 21.5. The van der Waals surface area contributed by atoms with E-state index in [1.807, 2.05) is 51.1 Å². The highest BCUT2D eigenvalue weighted by molar-refractivity contribution is 5.98. The van der Waals surface area contributed by atoms with Crippen molar-refractivity contribution in [3.63, 3.8) is 0 Å². The summed E-state index contributed by atoms with van der Waals surface area (Å²) >= 11 is 0. The van der Waals surface area contributed by atoms with Gasteiger partial charge in [0, 0.05) is 31.7 Å². The van der Waals surface area contributed by atoms with Gasteiger partial charge in [0.2, 0.25) is 17.7 Å². The number of ether oxygens (including phenoxy) is 2. The molecule has 0 aromatic heterocycles. The fourth-order valence-corrected chi connectivity index (χ4v) is 7.12. The van der Waals surface area contributed by atoms with Crippen molar-refractivity contribution in [3.05, 3.63) is 61.2 Å². The topological polar surface area (TPSA) is 125 Å². The van der Waals surface area contributed by atoms with Gasteiger partial charge in [-0.25, -0.2) is 0 Å². The molecule has 3 aliphatic heterocycles. The lowest BCUT2D eigenvalue weighted by Crippen LogP contribution is -2.59. The Morgan fingerprint density at radius 2 is 1.91 bits per heavy atom. The molecule has 0 saturated carbocycles. The van der Waals surface area contributed by atoms with Crippen LogP contribution in [0.2, 0.25) is 0 Å². The van der Waals surface area contributed by atoms with Crippen LogP contribution >= 0.6 is 0 Å². The normalized spacial score (nSPS) is 25.9. The van der Waals surface area contributed by atoms with E-state index in [9.17, 15) is 24.3 Å². The number of aliphatic hydroxyl groups excluding tert-OH is 1. The van der Waals surface area contributed by atoms with E-state index < -0.39 is 47.2 Å². The standard InChI is InChI=1S/C35H49N3O7/c1-6-8-17-27(40)36-23-26(24-15-11-9-12-16-24)44-33(43)28-25-18-19-35(45-25)29(28)31(41)37(21-13-10-14-22-39)30(35)32(42)38(20-7-2)34(3,4)5/h6-7,9,11-12,15-16,25-26,28-30,39H,1-2,8,10,13-14,17-23H2,3-5H3,(H,36,40)/t25-,26+,28+,29+,30-,35+/m1/s1. The molecule has 3 amide bonds. The molecule has 0 radical (unpaired) electrons. The van der Waals surface area contributed by atoms with E-state index in [1.165, 1.54) is 0 Å². The Morgan fingerprint density at radius 1 is 1.18 bits per heavy atom. The third kappa shape index (κ3) is 7.17. The minimum Gasteiger partial charge on any atom is -0.455 e. The average Bonchev–Trinajstić information content (AvgIpc) is 3.66. The number of nitrogens with zero attached hydrogens (tertiary/aromatic N) is 2. The number of fused-ring (bicyclic) bond motifs is 1. The monoisotopic (exact) mass is 623 g/mol. The number of benzene rings is 1. The Labute approximate surface area is 266 Å². The second-order valence-electron chi connectivity index (χ2n) is 13.2. The Morgan fingerprint density at radius 3 is 2.56 bits per heavy atom. The van der Waals surface area contributed by atoms with Crippen LogP contribution < -0.4 is 5.32 Å². The van der Waals surface area contributed by atoms with Gasteiger partial charge in [0.1, 0.15) is 17.7 Å². The molecule has 4 rings (SSSR count). The van der Waals surface area contributed by atoms with Gasteiger partial charge in [-0.2, -0.15) is 0 Å². The predicted octanol–water partition coefficient (Wildman–Crippen LogP) is 3.70. The predicted molar refractivity (Wildman–Crippen MR) is 170 cm³/mol. The summed E-state index contributed by atoms with van der Waals surface area (Å²) in [5, 5.41) is 12.1. The molecule has 3 saturated heterocycles. The summed E-state index contributed by atoms with van der Waals surface area (Å²) in [6.07, 6.45) is 5.73. The first-order valence-electron chi connectivity index (χ1n) is 16.1. The molecule has 1 aromatic rings. The molecule has 10 heteroatoms. The lowest BCUT2D eigenvalue weighted by Gasteiger charge is -2.42. The molecular weight excluding hydrogens is 574 g/mol. The number of carbonyl (C=O) groups excluding carboxylic acids is 4. The Balaban J connectivity index is 1.63. The summed E-state index contributed by atoms with van der Waals surface area (Å²) in [4.78, 5) is 58.5. The highest BCUT2D eigenvalue weighted by atomic mass is 16.6. The summed E-state index contributed by atoms with van der Waals surface area (Å²) in [7, 11) is 0. The molecule has 2 N–H and O–H groups in total. The van der Waals surface area contributed by atoms with E-state index in [4.69, 9.17) is 9.47 Å². The second-order valence-corrected chi connectivity index (χ2v) is 13.2. The van der Waals surface area contributed by atoms with Crippen molar-refractivity contribution in [2.75, 3.05) is 26.2 Å². The van der Waals surface area contributed by atoms with Crippen molar-refractivity contribution in [2.45, 2.75) is 95.1 Å². The van der Waals surface area contributed by atoms with Gasteiger partial charge in [-0.1, -0.05) is 42.5 Å². The zero-order valence-corrected chi connectivity index (χ0v) is 26.9. The molecule has 2 bridgehead atoms. The Kier molecular flexibility index (Phi) is 11.3. The fourth-order valence-electron chi connectivity index (χ4n) is 7.12. The van der Waals surface area contributed by atoms with Crippen LogP contribution in [-0.2, 0) is 28.7 Å².